The maximum atomic E-state index is 12.6. The normalized spacial score (nSPS) is 12.4. The number of ether oxygens (including phenoxy) is 3. The van der Waals surface area contributed by atoms with E-state index < -0.39 is 6.10 Å². The molecule has 0 aromatic heterocycles. The van der Waals surface area contributed by atoms with Crippen LogP contribution in [0.4, 0.5) is 0 Å². The highest BCUT2D eigenvalue weighted by atomic mass is 16.6. The zero-order chi connectivity index (χ0) is 42.4. The molecule has 0 aliphatic heterocycles. The maximum absolute atomic E-state index is 12.6. The highest BCUT2D eigenvalue weighted by Gasteiger charge is 2.19. The van der Waals surface area contributed by atoms with Gasteiger partial charge in [-0.15, -0.1) is 0 Å². The predicted molar refractivity (Wildman–Crippen MR) is 247 cm³/mol. The molecule has 2 atom stereocenters. The summed E-state index contributed by atoms with van der Waals surface area (Å²) >= 11 is 0. The molecule has 0 bridgehead atoms. The van der Waals surface area contributed by atoms with Crippen molar-refractivity contribution in [3.05, 3.63) is 0 Å². The fraction of sp³-hybridized carbons (Fsp3) is 0.942. The van der Waals surface area contributed by atoms with Crippen molar-refractivity contribution in [3.63, 3.8) is 0 Å². The summed E-state index contributed by atoms with van der Waals surface area (Å²) in [6, 6.07) is 0. The molecular formula is C52H100O6. The summed E-state index contributed by atoms with van der Waals surface area (Å²) in [4.78, 5) is 37.6. The number of hydrogen-bond donors (Lipinski definition) is 0. The fourth-order valence-electron chi connectivity index (χ4n) is 7.83. The van der Waals surface area contributed by atoms with Gasteiger partial charge in [-0.3, -0.25) is 14.4 Å². The van der Waals surface area contributed by atoms with Crippen LogP contribution in [0.2, 0.25) is 0 Å². The maximum Gasteiger partial charge on any atom is 0.306 e. The Kier molecular flexibility index (Phi) is 45.2. The molecule has 0 aliphatic rings. The topological polar surface area (TPSA) is 78.9 Å². The van der Waals surface area contributed by atoms with E-state index >= 15 is 0 Å². The van der Waals surface area contributed by atoms with Crippen molar-refractivity contribution >= 4 is 17.9 Å². The summed E-state index contributed by atoms with van der Waals surface area (Å²) in [6.07, 6.45) is 48.3. The predicted octanol–water partition coefficient (Wildman–Crippen LogP) is 16.7. The Morgan fingerprint density at radius 1 is 0.345 bits per heavy atom. The van der Waals surface area contributed by atoms with Gasteiger partial charge in [0.15, 0.2) is 6.10 Å². The van der Waals surface area contributed by atoms with Crippen molar-refractivity contribution in [2.24, 2.45) is 5.92 Å². The van der Waals surface area contributed by atoms with Gasteiger partial charge in [0, 0.05) is 19.3 Å². The quantitative estimate of drug-likeness (QED) is 0.0346. The van der Waals surface area contributed by atoms with E-state index in [1.165, 1.54) is 180 Å². The Hall–Kier alpha value is -1.59. The summed E-state index contributed by atoms with van der Waals surface area (Å²) in [5.74, 6) is 0.0359. The Balaban J connectivity index is 4.05. The van der Waals surface area contributed by atoms with Crippen molar-refractivity contribution in [1.29, 1.82) is 0 Å². The van der Waals surface area contributed by atoms with Crippen LogP contribution in [-0.4, -0.2) is 37.2 Å². The molecular weight excluding hydrogens is 721 g/mol. The standard InChI is InChI=1S/C52H100O6/c1-5-8-10-12-13-14-15-16-17-18-19-23-26-29-32-36-39-43-50(53)56-46-49(58-52(55)45-41-34-11-9-6-2)47-57-51(54)44-40-37-33-30-27-24-21-20-22-25-28-31-35-38-42-48(4)7-3/h48-49H,5-47H2,1-4H3/t48?,49-/m0/s1. The van der Waals surface area contributed by atoms with Gasteiger partial charge in [-0.25, -0.2) is 0 Å². The first kappa shape index (κ1) is 56.4. The van der Waals surface area contributed by atoms with E-state index in [0.29, 0.717) is 19.3 Å². The van der Waals surface area contributed by atoms with E-state index in [0.717, 1.165) is 70.1 Å². The van der Waals surface area contributed by atoms with E-state index in [2.05, 4.69) is 27.7 Å². The molecule has 344 valence electrons. The van der Waals surface area contributed by atoms with Gasteiger partial charge < -0.3 is 14.2 Å². The number of hydrogen-bond acceptors (Lipinski definition) is 6. The largest absolute Gasteiger partial charge is 0.462 e. The molecule has 1 unspecified atom stereocenters. The zero-order valence-electron chi connectivity index (χ0n) is 39.5. The van der Waals surface area contributed by atoms with Crippen LogP contribution in [0.1, 0.15) is 291 Å². The van der Waals surface area contributed by atoms with E-state index in [1.807, 2.05) is 0 Å². The molecule has 0 fully saturated rings. The molecule has 58 heavy (non-hydrogen) atoms. The van der Waals surface area contributed by atoms with Crippen molar-refractivity contribution in [1.82, 2.24) is 0 Å². The molecule has 0 spiro atoms. The minimum atomic E-state index is -0.758. The summed E-state index contributed by atoms with van der Waals surface area (Å²) in [6.45, 7) is 8.99. The van der Waals surface area contributed by atoms with Gasteiger partial charge in [0.25, 0.3) is 0 Å². The lowest BCUT2D eigenvalue weighted by molar-refractivity contribution is -0.167. The van der Waals surface area contributed by atoms with E-state index in [4.69, 9.17) is 14.2 Å². The smallest absolute Gasteiger partial charge is 0.306 e. The SMILES string of the molecule is CCCCCCCCCCCCCCCCCCCC(=O)OC[C@@H](COC(=O)CCCCCCCCCCCCCCCCC(C)CC)OC(=O)CCCCCCC. The second kappa shape index (κ2) is 46.5. The number of carbonyl (C=O) groups excluding carboxylic acids is 3. The van der Waals surface area contributed by atoms with E-state index in [1.54, 1.807) is 0 Å². The van der Waals surface area contributed by atoms with Crippen molar-refractivity contribution in [3.8, 4) is 0 Å². The second-order valence-corrected chi connectivity index (χ2v) is 18.1. The van der Waals surface area contributed by atoms with Crippen LogP contribution in [-0.2, 0) is 28.6 Å². The van der Waals surface area contributed by atoms with Gasteiger partial charge in [0.2, 0.25) is 0 Å². The van der Waals surface area contributed by atoms with Crippen LogP contribution >= 0.6 is 0 Å². The van der Waals surface area contributed by atoms with Crippen LogP contribution in [0.5, 0.6) is 0 Å². The molecule has 0 aromatic carbocycles. The van der Waals surface area contributed by atoms with Crippen LogP contribution in [0.3, 0.4) is 0 Å². The highest BCUT2D eigenvalue weighted by molar-refractivity contribution is 5.71. The number of rotatable bonds is 47. The molecule has 0 aliphatic carbocycles. The second-order valence-electron chi connectivity index (χ2n) is 18.1. The van der Waals surface area contributed by atoms with E-state index in [-0.39, 0.29) is 31.1 Å². The third-order valence-electron chi connectivity index (χ3n) is 12.2. The summed E-state index contributed by atoms with van der Waals surface area (Å²) < 4.78 is 16.7. The number of esters is 3. The van der Waals surface area contributed by atoms with Crippen molar-refractivity contribution in [2.75, 3.05) is 13.2 Å². The van der Waals surface area contributed by atoms with Crippen LogP contribution in [0, 0.1) is 5.92 Å². The molecule has 0 saturated heterocycles. The first-order valence-corrected chi connectivity index (χ1v) is 25.9. The molecule has 0 saturated carbocycles. The van der Waals surface area contributed by atoms with Crippen molar-refractivity contribution in [2.45, 2.75) is 297 Å². The molecule has 0 rings (SSSR count). The Morgan fingerprint density at radius 2 is 0.603 bits per heavy atom. The Morgan fingerprint density at radius 3 is 0.897 bits per heavy atom. The van der Waals surface area contributed by atoms with Crippen LogP contribution in [0.15, 0.2) is 0 Å². The van der Waals surface area contributed by atoms with Gasteiger partial charge in [0.05, 0.1) is 0 Å². The molecule has 6 nitrogen and oxygen atoms in total. The minimum Gasteiger partial charge on any atom is -0.462 e. The van der Waals surface area contributed by atoms with Gasteiger partial charge in [-0.1, -0.05) is 252 Å². The molecule has 0 radical (unpaired) electrons. The average Bonchev–Trinajstić information content (AvgIpc) is 3.22. The lowest BCUT2D eigenvalue weighted by Gasteiger charge is -2.18. The first-order chi connectivity index (χ1) is 28.4. The third kappa shape index (κ3) is 44.0. The van der Waals surface area contributed by atoms with Crippen LogP contribution in [0.25, 0.3) is 0 Å². The lowest BCUT2D eigenvalue weighted by Crippen LogP contribution is -2.30. The van der Waals surface area contributed by atoms with Crippen molar-refractivity contribution < 1.29 is 28.6 Å². The molecule has 0 N–H and O–H groups in total. The van der Waals surface area contributed by atoms with Crippen LogP contribution < -0.4 is 0 Å². The highest BCUT2D eigenvalue weighted by Crippen LogP contribution is 2.18. The monoisotopic (exact) mass is 821 g/mol. The van der Waals surface area contributed by atoms with Gasteiger partial charge in [-0.2, -0.15) is 0 Å². The summed E-state index contributed by atoms with van der Waals surface area (Å²) in [5.41, 5.74) is 0. The Bertz CT molecular complexity index is 874. The zero-order valence-corrected chi connectivity index (χ0v) is 39.5. The minimum absolute atomic E-state index is 0.0643. The molecule has 0 aromatic rings. The van der Waals surface area contributed by atoms with Gasteiger partial charge in [0.1, 0.15) is 13.2 Å². The lowest BCUT2D eigenvalue weighted by atomic mass is 9.99. The molecule has 0 heterocycles. The summed E-state index contributed by atoms with van der Waals surface area (Å²) in [7, 11) is 0. The first-order valence-electron chi connectivity index (χ1n) is 25.9. The fourth-order valence-corrected chi connectivity index (χ4v) is 7.83. The average molecular weight is 821 g/mol. The number of carbonyl (C=O) groups is 3. The van der Waals surface area contributed by atoms with Gasteiger partial charge in [-0.05, 0) is 25.2 Å². The molecule has 0 amide bonds. The van der Waals surface area contributed by atoms with Gasteiger partial charge >= 0.3 is 17.9 Å². The number of unbranched alkanes of at least 4 members (excludes halogenated alkanes) is 33. The summed E-state index contributed by atoms with van der Waals surface area (Å²) in [5, 5.41) is 0. The van der Waals surface area contributed by atoms with E-state index in [9.17, 15) is 14.4 Å². The third-order valence-corrected chi connectivity index (χ3v) is 12.2. The molecule has 6 heteroatoms. The Labute approximate surface area is 361 Å².